The smallest absolute Gasteiger partial charge is 0.312 e. The first-order chi connectivity index (χ1) is 11.0. The maximum atomic E-state index is 12.9. The zero-order valence-corrected chi connectivity index (χ0v) is 14.4. The van der Waals surface area contributed by atoms with Gasteiger partial charge in [-0.15, -0.1) is 0 Å². The lowest BCUT2D eigenvalue weighted by Gasteiger charge is -2.26. The quantitative estimate of drug-likeness (QED) is 0.576. The summed E-state index contributed by atoms with van der Waals surface area (Å²) in [4.78, 5) is 22.4. The third-order valence-corrected chi connectivity index (χ3v) is 6.56. The van der Waals surface area contributed by atoms with Gasteiger partial charge in [0, 0.05) is 0 Å². The van der Waals surface area contributed by atoms with E-state index in [0.717, 1.165) is 5.56 Å². The molecule has 0 aliphatic carbocycles. The minimum absolute atomic E-state index is 0.0257. The third-order valence-electron chi connectivity index (χ3n) is 3.61. The van der Waals surface area contributed by atoms with Crippen LogP contribution in [-0.4, -0.2) is 21.6 Å². The summed E-state index contributed by atoms with van der Waals surface area (Å²) in [7, 11) is -3.74. The number of hydrogen-bond acceptors (Lipinski definition) is 3. The molecule has 0 aliphatic rings. The minimum atomic E-state index is -3.74. The Bertz CT molecular complexity index is 709. The molecule has 0 spiro atoms. The molecule has 0 fully saturated rings. The molecule has 0 bridgehead atoms. The van der Waals surface area contributed by atoms with E-state index in [0.29, 0.717) is 5.56 Å². The highest BCUT2D eigenvalue weighted by atomic mass is 32.1. The predicted octanol–water partition coefficient (Wildman–Crippen LogP) is 4.33. The van der Waals surface area contributed by atoms with Gasteiger partial charge in [0.25, 0.3) is 0 Å². The van der Waals surface area contributed by atoms with Crippen LogP contribution in [0.1, 0.15) is 24.0 Å². The summed E-state index contributed by atoms with van der Waals surface area (Å²) in [6.07, 6.45) is 3.15. The van der Waals surface area contributed by atoms with E-state index in [1.54, 1.807) is 55.5 Å². The van der Waals surface area contributed by atoms with Gasteiger partial charge in [-0.25, -0.2) is 0 Å². The maximum Gasteiger partial charge on any atom is 0.312 e. The number of aliphatic carboxylic acids is 1. The van der Waals surface area contributed by atoms with Crippen LogP contribution in [0.3, 0.4) is 0 Å². The van der Waals surface area contributed by atoms with Gasteiger partial charge in [0.15, 0.2) is 0 Å². The van der Waals surface area contributed by atoms with E-state index < -0.39 is 24.9 Å². The van der Waals surface area contributed by atoms with Gasteiger partial charge < -0.3 is 10.00 Å². The number of allylic oxidation sites excluding steroid dienone is 2. The Hall–Kier alpha value is -1.68. The van der Waals surface area contributed by atoms with Crippen molar-refractivity contribution in [1.82, 2.24) is 0 Å². The van der Waals surface area contributed by atoms with Crippen molar-refractivity contribution in [1.29, 1.82) is 0 Å². The van der Waals surface area contributed by atoms with Crippen LogP contribution in [-0.2, 0) is 15.5 Å². The largest absolute Gasteiger partial charge is 0.481 e. The molecule has 2 rings (SSSR count). The molecule has 3 atom stereocenters. The third kappa shape index (κ3) is 4.41. The van der Waals surface area contributed by atoms with Crippen LogP contribution in [0.4, 0.5) is 0 Å². The Morgan fingerprint density at radius 1 is 1.30 bits per heavy atom. The lowest BCUT2D eigenvalue weighted by atomic mass is 9.95. The van der Waals surface area contributed by atoms with Gasteiger partial charge in [-0.1, -0.05) is 42.5 Å². The van der Waals surface area contributed by atoms with Gasteiger partial charge in [-0.05, 0) is 34.9 Å². The monoisotopic (exact) mass is 350 g/mol. The molecule has 3 unspecified atom stereocenters. The summed E-state index contributed by atoms with van der Waals surface area (Å²) < 4.78 is 12.9. The average molecular weight is 350 g/mol. The van der Waals surface area contributed by atoms with E-state index in [-0.39, 0.29) is 6.16 Å². The van der Waals surface area contributed by atoms with E-state index in [1.165, 1.54) is 11.3 Å². The van der Waals surface area contributed by atoms with Crippen molar-refractivity contribution in [3.63, 3.8) is 0 Å². The van der Waals surface area contributed by atoms with Crippen LogP contribution in [0.25, 0.3) is 0 Å². The van der Waals surface area contributed by atoms with Crippen LogP contribution in [0.5, 0.6) is 0 Å². The van der Waals surface area contributed by atoms with Crippen LogP contribution in [0, 0.1) is 0 Å². The summed E-state index contributed by atoms with van der Waals surface area (Å²) in [5, 5.41) is 13.3. The molecule has 1 aromatic carbocycles. The topological polar surface area (TPSA) is 74.6 Å². The first kappa shape index (κ1) is 17.7. The number of rotatable bonds is 7. The molecule has 6 heteroatoms. The van der Waals surface area contributed by atoms with Crippen molar-refractivity contribution in [2.24, 2.45) is 0 Å². The van der Waals surface area contributed by atoms with Crippen molar-refractivity contribution in [2.75, 3.05) is 0 Å². The highest BCUT2D eigenvalue weighted by Gasteiger charge is 2.40. The van der Waals surface area contributed by atoms with Gasteiger partial charge in [0.05, 0.1) is 17.7 Å². The fourth-order valence-electron chi connectivity index (χ4n) is 2.57. The Morgan fingerprint density at radius 3 is 2.52 bits per heavy atom. The standard InChI is InChI=1S/C17H19O4PS/c1-2-6-15(22(20,21)11-13-9-10-23-12-13)16(17(18)19)14-7-4-3-5-8-14/h2-10,12,15-16H,11H2,1H3,(H,18,19)(H,20,21). The Morgan fingerprint density at radius 2 is 2.00 bits per heavy atom. The van der Waals surface area contributed by atoms with Gasteiger partial charge in [0.1, 0.15) is 0 Å². The number of benzene rings is 1. The fraction of sp³-hybridized carbons (Fsp3) is 0.235. The fourth-order valence-corrected chi connectivity index (χ4v) is 5.50. The zero-order valence-electron chi connectivity index (χ0n) is 12.7. The Balaban J connectivity index is 2.42. The lowest BCUT2D eigenvalue weighted by molar-refractivity contribution is -0.138. The molecule has 122 valence electrons. The molecule has 1 aromatic heterocycles. The molecule has 0 radical (unpaired) electrons. The van der Waals surface area contributed by atoms with E-state index in [4.69, 9.17) is 0 Å². The second-order valence-electron chi connectivity index (χ2n) is 5.29. The van der Waals surface area contributed by atoms with Gasteiger partial charge in [-0.3, -0.25) is 9.36 Å². The zero-order chi connectivity index (χ0) is 16.9. The molecule has 1 heterocycles. The van der Waals surface area contributed by atoms with Crippen molar-refractivity contribution >= 4 is 24.7 Å². The number of carboxylic acid groups (broad SMARTS) is 1. The molecule has 0 aliphatic heterocycles. The molecule has 0 saturated heterocycles. The van der Waals surface area contributed by atoms with Crippen LogP contribution in [0.2, 0.25) is 0 Å². The van der Waals surface area contributed by atoms with Crippen LogP contribution < -0.4 is 0 Å². The second-order valence-corrected chi connectivity index (χ2v) is 8.49. The van der Waals surface area contributed by atoms with Gasteiger partial charge >= 0.3 is 5.97 Å². The summed E-state index contributed by atoms with van der Waals surface area (Å²) in [5.41, 5.74) is 0.322. The molecule has 0 amide bonds. The summed E-state index contributed by atoms with van der Waals surface area (Å²) in [6, 6.07) is 10.4. The molecule has 2 N–H and O–H groups in total. The summed E-state index contributed by atoms with van der Waals surface area (Å²) >= 11 is 1.45. The lowest BCUT2D eigenvalue weighted by Crippen LogP contribution is -2.25. The van der Waals surface area contributed by atoms with Crippen molar-refractivity contribution < 1.29 is 19.4 Å². The van der Waals surface area contributed by atoms with Gasteiger partial charge in [0.2, 0.25) is 7.37 Å². The second kappa shape index (κ2) is 7.73. The molecular weight excluding hydrogens is 331 g/mol. The van der Waals surface area contributed by atoms with E-state index in [1.807, 2.05) is 10.8 Å². The van der Waals surface area contributed by atoms with E-state index in [2.05, 4.69) is 0 Å². The molecule has 2 aromatic rings. The Kier molecular flexibility index (Phi) is 5.94. The van der Waals surface area contributed by atoms with Crippen molar-refractivity contribution in [3.8, 4) is 0 Å². The van der Waals surface area contributed by atoms with E-state index >= 15 is 0 Å². The Labute approximate surface area is 139 Å². The number of carbonyl (C=O) groups is 1. The predicted molar refractivity (Wildman–Crippen MR) is 93.3 cm³/mol. The van der Waals surface area contributed by atoms with Crippen LogP contribution >= 0.6 is 18.7 Å². The highest BCUT2D eigenvalue weighted by Crippen LogP contribution is 2.55. The minimum Gasteiger partial charge on any atom is -0.481 e. The van der Waals surface area contributed by atoms with Gasteiger partial charge in [-0.2, -0.15) is 11.3 Å². The average Bonchev–Trinajstić information content (AvgIpc) is 2.99. The molecule has 0 saturated carbocycles. The molecule has 23 heavy (non-hydrogen) atoms. The number of thiophene rings is 1. The summed E-state index contributed by atoms with van der Waals surface area (Å²) in [5.74, 6) is -2.15. The normalized spacial score (nSPS) is 16.8. The first-order valence-corrected chi connectivity index (χ1v) is 10.0. The van der Waals surface area contributed by atoms with Crippen molar-refractivity contribution in [3.05, 3.63) is 70.4 Å². The maximum absolute atomic E-state index is 12.9. The summed E-state index contributed by atoms with van der Waals surface area (Å²) in [6.45, 7) is 1.72. The molecular formula is C17H19O4PS. The number of hydrogen-bond donors (Lipinski definition) is 2. The van der Waals surface area contributed by atoms with Crippen LogP contribution in [0.15, 0.2) is 59.3 Å². The van der Waals surface area contributed by atoms with Crippen molar-refractivity contribution in [2.45, 2.75) is 24.7 Å². The highest BCUT2D eigenvalue weighted by molar-refractivity contribution is 7.58. The SMILES string of the molecule is CC=CC(C(C(=O)O)c1ccccc1)P(=O)(O)Cc1ccsc1. The number of carboxylic acids is 1. The van der Waals surface area contributed by atoms with E-state index in [9.17, 15) is 19.4 Å². The molecule has 4 nitrogen and oxygen atoms in total. The first-order valence-electron chi connectivity index (χ1n) is 7.19.